The maximum Gasteiger partial charge on any atom is 0.205 e. The summed E-state index contributed by atoms with van der Waals surface area (Å²) in [7, 11) is 0. The number of ketones is 2. The van der Waals surface area contributed by atoms with Crippen LogP contribution in [0, 0.1) is 33.5 Å². The van der Waals surface area contributed by atoms with Crippen LogP contribution in [0.5, 0.6) is 0 Å². The molecule has 2 atom stereocenters. The van der Waals surface area contributed by atoms with Crippen molar-refractivity contribution in [2.24, 2.45) is 22.3 Å². The molecule has 4 N–H and O–H groups in total. The second kappa shape index (κ2) is 8.63. The lowest BCUT2D eigenvalue weighted by atomic mass is 9.68. The normalized spacial score (nSPS) is 26.2. The Bertz CT molecular complexity index is 1400. The van der Waals surface area contributed by atoms with Crippen LogP contribution in [0.25, 0.3) is 0 Å². The van der Waals surface area contributed by atoms with Crippen LogP contribution in [0.2, 0.25) is 0 Å². The molecule has 0 spiro atoms. The first-order valence-corrected chi connectivity index (χ1v) is 12.6. The van der Waals surface area contributed by atoms with Crippen LogP contribution < -0.4 is 11.5 Å². The number of Topliss-reactive ketones (excluding diaryl/α,β-unsaturated/α-hetero) is 2. The Morgan fingerprint density at radius 1 is 0.763 bits per heavy atom. The van der Waals surface area contributed by atoms with Gasteiger partial charge in [-0.25, -0.2) is 0 Å². The van der Waals surface area contributed by atoms with Crippen molar-refractivity contribution in [1.82, 2.24) is 0 Å². The summed E-state index contributed by atoms with van der Waals surface area (Å²) < 4.78 is 11.6. The Morgan fingerprint density at radius 3 is 1.53 bits per heavy atom. The summed E-state index contributed by atoms with van der Waals surface area (Å²) in [4.78, 5) is 26.7. The first-order chi connectivity index (χ1) is 17.9. The summed E-state index contributed by atoms with van der Waals surface area (Å²) in [6.45, 7) is 7.97. The van der Waals surface area contributed by atoms with E-state index in [4.69, 9.17) is 20.9 Å². The van der Waals surface area contributed by atoms with Gasteiger partial charge >= 0.3 is 0 Å². The van der Waals surface area contributed by atoms with Gasteiger partial charge in [0.2, 0.25) is 11.8 Å². The summed E-state index contributed by atoms with van der Waals surface area (Å²) in [5.41, 5.74) is 14.3. The number of carbonyl (C=O) groups is 2. The van der Waals surface area contributed by atoms with Crippen molar-refractivity contribution in [1.29, 1.82) is 10.5 Å². The fourth-order valence-electron chi connectivity index (χ4n) is 6.15. The third-order valence-electron chi connectivity index (χ3n) is 7.73. The zero-order chi connectivity index (χ0) is 27.6. The molecule has 194 valence electrons. The van der Waals surface area contributed by atoms with E-state index in [0.717, 1.165) is 0 Å². The van der Waals surface area contributed by atoms with Crippen molar-refractivity contribution < 1.29 is 19.1 Å². The van der Waals surface area contributed by atoms with Crippen LogP contribution in [-0.4, -0.2) is 11.6 Å². The lowest BCUT2D eigenvalue weighted by Crippen LogP contribution is -2.34. The molecular formula is C30H30N4O4. The first-order valence-electron chi connectivity index (χ1n) is 12.6. The van der Waals surface area contributed by atoms with E-state index in [1.54, 1.807) is 6.07 Å². The minimum Gasteiger partial charge on any atom is -0.444 e. The minimum atomic E-state index is -0.714. The predicted molar refractivity (Wildman–Crippen MR) is 138 cm³/mol. The van der Waals surface area contributed by atoms with Gasteiger partial charge in [-0.05, 0) is 22.0 Å². The summed E-state index contributed by atoms with van der Waals surface area (Å²) in [6.07, 6.45) is 1.68. The molecule has 0 amide bonds. The predicted octanol–water partition coefficient (Wildman–Crippen LogP) is 4.59. The summed E-state index contributed by atoms with van der Waals surface area (Å²) >= 11 is 0. The van der Waals surface area contributed by atoms with E-state index >= 15 is 0 Å². The number of nitriles is 2. The Hall–Kier alpha value is -4.30. The van der Waals surface area contributed by atoms with Crippen LogP contribution >= 0.6 is 0 Å². The number of ether oxygens (including phenoxy) is 2. The Kier molecular flexibility index (Phi) is 5.76. The number of allylic oxidation sites excluding steroid dienone is 6. The molecule has 0 saturated heterocycles. The molecule has 2 heterocycles. The fraction of sp³-hybridized carbons (Fsp3) is 0.400. The zero-order valence-electron chi connectivity index (χ0n) is 22.0. The monoisotopic (exact) mass is 510 g/mol. The van der Waals surface area contributed by atoms with Gasteiger partial charge in [0.1, 0.15) is 34.8 Å². The van der Waals surface area contributed by atoms with E-state index in [1.165, 1.54) is 0 Å². The van der Waals surface area contributed by atoms with Gasteiger partial charge in [-0.2, -0.15) is 10.5 Å². The molecule has 0 aromatic heterocycles. The van der Waals surface area contributed by atoms with Crippen molar-refractivity contribution >= 4 is 11.6 Å². The van der Waals surface area contributed by atoms with E-state index < -0.39 is 11.8 Å². The maximum absolute atomic E-state index is 13.4. The second-order valence-electron chi connectivity index (χ2n) is 12.1. The highest BCUT2D eigenvalue weighted by Crippen LogP contribution is 2.50. The molecule has 1 aromatic carbocycles. The maximum atomic E-state index is 13.4. The number of nitrogens with two attached hydrogens (primary N) is 2. The number of nitrogens with zero attached hydrogens (tertiary/aromatic N) is 2. The van der Waals surface area contributed by atoms with E-state index in [2.05, 4.69) is 12.1 Å². The third-order valence-corrected chi connectivity index (χ3v) is 7.73. The molecule has 8 nitrogen and oxygen atoms in total. The van der Waals surface area contributed by atoms with E-state index in [1.807, 2.05) is 45.9 Å². The molecule has 1 aromatic rings. The molecule has 0 radical (unpaired) electrons. The Labute approximate surface area is 221 Å². The molecule has 2 aliphatic carbocycles. The zero-order valence-corrected chi connectivity index (χ0v) is 22.0. The van der Waals surface area contributed by atoms with Crippen molar-refractivity contribution in [3.8, 4) is 12.1 Å². The molecule has 0 saturated carbocycles. The van der Waals surface area contributed by atoms with Gasteiger partial charge in [0.05, 0.1) is 11.8 Å². The van der Waals surface area contributed by atoms with Crippen LogP contribution in [0.1, 0.15) is 76.3 Å². The molecule has 4 aliphatic rings. The smallest absolute Gasteiger partial charge is 0.205 e. The summed E-state index contributed by atoms with van der Waals surface area (Å²) in [5.74, 6) is -0.670. The first kappa shape index (κ1) is 25.4. The SMILES string of the molecule is CC1(C)CC(=O)C2=C(C1)OC(N)=C(C#N)[C@H]2c1cccc([C@@H]2C(C#N)=C(N)OC3=C2C(=O)CC(C)(C)C3)c1. The Morgan fingerprint density at radius 2 is 1.16 bits per heavy atom. The number of hydrogen-bond donors (Lipinski definition) is 2. The molecule has 2 aliphatic heterocycles. The largest absolute Gasteiger partial charge is 0.444 e. The number of carbonyl (C=O) groups excluding carboxylic acids is 2. The van der Waals surface area contributed by atoms with E-state index in [9.17, 15) is 20.1 Å². The average Bonchev–Trinajstić information content (AvgIpc) is 2.80. The minimum absolute atomic E-state index is 0.0187. The highest BCUT2D eigenvalue weighted by Gasteiger charge is 2.45. The topological polar surface area (TPSA) is 152 Å². The van der Waals surface area contributed by atoms with Gasteiger partial charge < -0.3 is 20.9 Å². The van der Waals surface area contributed by atoms with Crippen LogP contribution in [0.15, 0.2) is 69.8 Å². The van der Waals surface area contributed by atoms with E-state index in [-0.39, 0.29) is 45.3 Å². The second-order valence-corrected chi connectivity index (χ2v) is 12.1. The fourth-order valence-corrected chi connectivity index (χ4v) is 6.15. The van der Waals surface area contributed by atoms with Crippen molar-refractivity contribution in [2.45, 2.75) is 65.2 Å². The van der Waals surface area contributed by atoms with Crippen molar-refractivity contribution in [2.75, 3.05) is 0 Å². The lowest BCUT2D eigenvalue weighted by molar-refractivity contribution is -0.119. The molecule has 5 rings (SSSR count). The van der Waals surface area contributed by atoms with Gasteiger partial charge in [-0.15, -0.1) is 0 Å². The molecule has 38 heavy (non-hydrogen) atoms. The molecule has 0 fully saturated rings. The van der Waals surface area contributed by atoms with Crippen molar-refractivity contribution in [3.63, 3.8) is 0 Å². The summed E-state index contributed by atoms with van der Waals surface area (Å²) in [5, 5.41) is 20.0. The van der Waals surface area contributed by atoms with Gasteiger partial charge in [0.25, 0.3) is 0 Å². The molecule has 0 unspecified atom stereocenters. The van der Waals surface area contributed by atoms with E-state index in [0.29, 0.717) is 59.5 Å². The third kappa shape index (κ3) is 4.07. The van der Waals surface area contributed by atoms with Crippen molar-refractivity contribution in [3.05, 3.63) is 81.0 Å². The lowest BCUT2D eigenvalue weighted by Gasteiger charge is -2.38. The Balaban J connectivity index is 1.67. The van der Waals surface area contributed by atoms with Crippen LogP contribution in [0.4, 0.5) is 0 Å². The quantitative estimate of drug-likeness (QED) is 0.586. The average molecular weight is 511 g/mol. The summed E-state index contributed by atoms with van der Waals surface area (Å²) in [6, 6.07) is 11.5. The van der Waals surface area contributed by atoms with Gasteiger partial charge in [0, 0.05) is 36.8 Å². The molecule has 0 bridgehead atoms. The molecule has 8 heteroatoms. The van der Waals surface area contributed by atoms with Crippen LogP contribution in [-0.2, 0) is 19.1 Å². The number of benzene rings is 1. The van der Waals surface area contributed by atoms with Gasteiger partial charge in [-0.1, -0.05) is 52.0 Å². The highest BCUT2D eigenvalue weighted by molar-refractivity contribution is 6.01. The number of hydrogen-bond acceptors (Lipinski definition) is 8. The highest BCUT2D eigenvalue weighted by atomic mass is 16.5. The van der Waals surface area contributed by atoms with Gasteiger partial charge in [-0.3, -0.25) is 9.59 Å². The standard InChI is InChI=1S/C30H30N4O4/c1-29(2)9-19(35)25-21(11-29)37-27(33)17(13-31)23(25)15-6-5-7-16(8-15)24-18(14-32)28(34)38-22-12-30(3,4)10-20(36)26(22)24/h5-8,23-24H,9-12,33-34H2,1-4H3/t23-,24-/m1/s1. The van der Waals surface area contributed by atoms with Crippen LogP contribution in [0.3, 0.4) is 0 Å². The number of rotatable bonds is 2. The van der Waals surface area contributed by atoms with Gasteiger partial charge in [0.15, 0.2) is 11.6 Å². The molecular weight excluding hydrogens is 480 g/mol.